The van der Waals surface area contributed by atoms with E-state index in [2.05, 4.69) is 4.98 Å². The van der Waals surface area contributed by atoms with E-state index in [0.717, 1.165) is 12.3 Å². The molecule has 1 aromatic carbocycles. The van der Waals surface area contributed by atoms with Crippen LogP contribution in [0.25, 0.3) is 0 Å². The topological polar surface area (TPSA) is 90.8 Å². The van der Waals surface area contributed by atoms with Gasteiger partial charge in [0.1, 0.15) is 5.82 Å². The number of aryl methyl sites for hydroxylation is 1. The third-order valence-electron chi connectivity index (χ3n) is 6.28. The summed E-state index contributed by atoms with van der Waals surface area (Å²) in [5.74, 6) is -1.09. The first-order valence-electron chi connectivity index (χ1n) is 10.1. The van der Waals surface area contributed by atoms with Crippen molar-refractivity contribution in [2.75, 3.05) is 24.5 Å². The molecule has 2 aromatic rings. The number of halogens is 3. The number of sulfonamides is 1. The van der Waals surface area contributed by atoms with E-state index in [1.807, 2.05) is 0 Å². The highest BCUT2D eigenvalue weighted by Gasteiger charge is 2.58. The summed E-state index contributed by atoms with van der Waals surface area (Å²) in [7, 11) is -4.26. The number of carbonyl (C=O) groups is 1. The second kappa shape index (κ2) is 7.73. The summed E-state index contributed by atoms with van der Waals surface area (Å²) in [6.45, 7) is 1.92. The highest BCUT2D eigenvalue weighted by molar-refractivity contribution is 7.90. The molecule has 2 atom stereocenters. The molecule has 172 valence electrons. The number of benzene rings is 1. The average Bonchev–Trinajstić information content (AvgIpc) is 3.14. The van der Waals surface area contributed by atoms with Crippen molar-refractivity contribution in [2.45, 2.75) is 36.7 Å². The van der Waals surface area contributed by atoms with Gasteiger partial charge in [-0.05, 0) is 43.0 Å². The fourth-order valence-electron chi connectivity index (χ4n) is 4.60. The maximum Gasteiger partial charge on any atom is 0.417 e. The van der Waals surface area contributed by atoms with Crippen molar-refractivity contribution in [3.8, 4) is 0 Å². The number of carboxylic acid groups (broad SMARTS) is 1. The van der Waals surface area contributed by atoms with Crippen LogP contribution < -0.4 is 4.90 Å². The largest absolute Gasteiger partial charge is 0.480 e. The zero-order valence-corrected chi connectivity index (χ0v) is 18.0. The van der Waals surface area contributed by atoms with Gasteiger partial charge in [-0.15, -0.1) is 0 Å². The number of anilines is 1. The Hall–Kier alpha value is -2.66. The second-order valence-electron chi connectivity index (χ2n) is 8.10. The molecule has 1 aromatic heterocycles. The lowest BCUT2D eigenvalue weighted by atomic mass is 10.0. The molecule has 0 radical (unpaired) electrons. The Bertz CT molecular complexity index is 1140. The predicted octanol–water partition coefficient (Wildman–Crippen LogP) is 2.87. The Labute approximate surface area is 183 Å². The Kier molecular flexibility index (Phi) is 5.44. The van der Waals surface area contributed by atoms with Crippen molar-refractivity contribution in [3.63, 3.8) is 0 Å². The summed E-state index contributed by atoms with van der Waals surface area (Å²) in [6.07, 6.45) is -3.43. The van der Waals surface area contributed by atoms with Gasteiger partial charge in [0.2, 0.25) is 14.8 Å². The van der Waals surface area contributed by atoms with Crippen LogP contribution in [0.1, 0.15) is 30.0 Å². The van der Waals surface area contributed by atoms with Gasteiger partial charge < -0.3 is 10.0 Å². The number of nitrogens with zero attached hydrogens (tertiary/aromatic N) is 3. The number of fused-ring (bicyclic) bond motifs is 1. The molecule has 1 aliphatic carbocycles. The molecule has 4 rings (SSSR count). The molecule has 0 amide bonds. The third kappa shape index (κ3) is 3.43. The molecule has 1 unspecified atom stereocenters. The van der Waals surface area contributed by atoms with E-state index in [4.69, 9.17) is 0 Å². The van der Waals surface area contributed by atoms with Crippen molar-refractivity contribution in [2.24, 2.45) is 0 Å². The van der Waals surface area contributed by atoms with E-state index in [0.29, 0.717) is 23.4 Å². The monoisotopic (exact) mass is 469 g/mol. The minimum absolute atomic E-state index is 0.00221. The van der Waals surface area contributed by atoms with Crippen molar-refractivity contribution < 1.29 is 31.5 Å². The fourth-order valence-corrected chi connectivity index (χ4v) is 6.84. The van der Waals surface area contributed by atoms with Gasteiger partial charge in [-0.25, -0.2) is 13.4 Å². The number of aliphatic carboxylic acids is 1. The molecule has 32 heavy (non-hydrogen) atoms. The van der Waals surface area contributed by atoms with Crippen LogP contribution in [0.2, 0.25) is 0 Å². The Morgan fingerprint density at radius 3 is 2.50 bits per heavy atom. The normalized spacial score (nSPS) is 24.4. The van der Waals surface area contributed by atoms with Crippen molar-refractivity contribution in [1.82, 2.24) is 9.29 Å². The SMILES string of the molecule is C[C@@H]1CN(S(=O)(=O)C2(C(=O)O)CCc3ccccc32)CCN1c1ccc(C(F)(F)F)cn1. The van der Waals surface area contributed by atoms with Crippen LogP contribution in [0.4, 0.5) is 19.0 Å². The maximum atomic E-state index is 13.6. The first-order valence-corrected chi connectivity index (χ1v) is 11.5. The van der Waals surface area contributed by atoms with Crippen LogP contribution in [-0.4, -0.2) is 54.5 Å². The molecule has 11 heteroatoms. The minimum Gasteiger partial charge on any atom is -0.480 e. The molecule has 2 heterocycles. The van der Waals surface area contributed by atoms with Gasteiger partial charge in [-0.3, -0.25) is 4.79 Å². The molecule has 7 nitrogen and oxygen atoms in total. The van der Waals surface area contributed by atoms with Gasteiger partial charge in [-0.2, -0.15) is 17.5 Å². The zero-order chi connectivity index (χ0) is 23.3. The molecule has 1 N–H and O–H groups in total. The summed E-state index contributed by atoms with van der Waals surface area (Å²) in [5, 5.41) is 10.0. The van der Waals surface area contributed by atoms with Crippen molar-refractivity contribution in [1.29, 1.82) is 0 Å². The summed E-state index contributed by atoms with van der Waals surface area (Å²) in [5.41, 5.74) is 0.143. The summed E-state index contributed by atoms with van der Waals surface area (Å²) in [6, 6.07) is 8.47. The van der Waals surface area contributed by atoms with Crippen LogP contribution in [0.5, 0.6) is 0 Å². The summed E-state index contributed by atoms with van der Waals surface area (Å²) >= 11 is 0. The number of piperazine rings is 1. The van der Waals surface area contributed by atoms with Crippen LogP contribution in [0.3, 0.4) is 0 Å². The number of aromatic nitrogens is 1. The fraction of sp³-hybridized carbons (Fsp3) is 0.429. The van der Waals surface area contributed by atoms with Crippen LogP contribution in [0.15, 0.2) is 42.6 Å². The van der Waals surface area contributed by atoms with E-state index in [-0.39, 0.29) is 26.1 Å². The Balaban J connectivity index is 1.60. The standard InChI is InChI=1S/C21H22F3N3O4S/c1-14-13-26(10-11-27(14)18-7-6-16(12-25-18)21(22,23)24)32(30,31)20(19(28)29)9-8-15-4-2-3-5-17(15)20/h2-7,12,14H,8-11,13H2,1H3,(H,28,29)/t14-,20?/m1/s1. The lowest BCUT2D eigenvalue weighted by Gasteiger charge is -2.42. The van der Waals surface area contributed by atoms with Crippen LogP contribution in [0, 0.1) is 0 Å². The molecular weight excluding hydrogens is 447 g/mol. The van der Waals surface area contributed by atoms with Gasteiger partial charge in [0.05, 0.1) is 5.56 Å². The van der Waals surface area contributed by atoms with E-state index >= 15 is 0 Å². The minimum atomic E-state index is -4.49. The van der Waals surface area contributed by atoms with Gasteiger partial charge in [0, 0.05) is 31.9 Å². The number of carboxylic acids is 1. The first kappa shape index (κ1) is 22.5. The summed E-state index contributed by atoms with van der Waals surface area (Å²) in [4.78, 5) is 18.0. The maximum absolute atomic E-state index is 13.6. The zero-order valence-electron chi connectivity index (χ0n) is 17.2. The summed E-state index contributed by atoms with van der Waals surface area (Å²) < 4.78 is 64.8. The smallest absolute Gasteiger partial charge is 0.417 e. The van der Waals surface area contributed by atoms with Gasteiger partial charge in [-0.1, -0.05) is 24.3 Å². The first-order chi connectivity index (χ1) is 15.0. The second-order valence-corrected chi connectivity index (χ2v) is 10.3. The quantitative estimate of drug-likeness (QED) is 0.741. The van der Waals surface area contributed by atoms with Gasteiger partial charge in [0.15, 0.2) is 0 Å². The molecule has 1 aliphatic heterocycles. The molecule has 1 saturated heterocycles. The Morgan fingerprint density at radius 2 is 1.91 bits per heavy atom. The molecule has 0 bridgehead atoms. The number of rotatable bonds is 4. The van der Waals surface area contributed by atoms with E-state index in [9.17, 15) is 31.5 Å². The molecule has 1 fully saturated rings. The molecule has 0 saturated carbocycles. The lowest BCUT2D eigenvalue weighted by Crippen LogP contribution is -2.59. The predicted molar refractivity (Wildman–Crippen MR) is 111 cm³/mol. The number of hydrogen-bond donors (Lipinski definition) is 1. The highest BCUT2D eigenvalue weighted by Crippen LogP contribution is 2.45. The third-order valence-corrected chi connectivity index (χ3v) is 8.78. The Morgan fingerprint density at radius 1 is 1.19 bits per heavy atom. The van der Waals surface area contributed by atoms with E-state index in [1.165, 1.54) is 10.4 Å². The number of hydrogen-bond acceptors (Lipinski definition) is 5. The number of pyridine rings is 1. The van der Waals surface area contributed by atoms with E-state index in [1.54, 1.807) is 36.1 Å². The molecule has 0 spiro atoms. The van der Waals surface area contributed by atoms with Crippen LogP contribution in [-0.2, 0) is 32.2 Å². The van der Waals surface area contributed by atoms with Gasteiger partial charge >= 0.3 is 12.1 Å². The van der Waals surface area contributed by atoms with Crippen molar-refractivity contribution >= 4 is 21.8 Å². The average molecular weight is 469 g/mol. The van der Waals surface area contributed by atoms with E-state index < -0.39 is 38.5 Å². The highest BCUT2D eigenvalue weighted by atomic mass is 32.2. The van der Waals surface area contributed by atoms with Crippen LogP contribution >= 0.6 is 0 Å². The lowest BCUT2D eigenvalue weighted by molar-refractivity contribution is -0.140. The molecular formula is C21H22F3N3O4S. The molecule has 2 aliphatic rings. The van der Waals surface area contributed by atoms with Crippen molar-refractivity contribution in [3.05, 3.63) is 59.3 Å². The van der Waals surface area contributed by atoms with Gasteiger partial charge in [0.25, 0.3) is 0 Å². The number of alkyl halides is 3.